The summed E-state index contributed by atoms with van der Waals surface area (Å²) in [6, 6.07) is 17.1. The molecule has 6 nitrogen and oxygen atoms in total. The molecule has 3 aliphatic heterocycles. The average molecular weight is 505 g/mol. The van der Waals surface area contributed by atoms with E-state index in [4.69, 9.17) is 4.74 Å². The molecule has 3 aromatic rings. The van der Waals surface area contributed by atoms with Crippen LogP contribution in [0.3, 0.4) is 0 Å². The van der Waals surface area contributed by atoms with Crippen LogP contribution in [0.5, 0.6) is 0 Å². The number of carbonyl (C=O) groups is 2. The van der Waals surface area contributed by atoms with Crippen LogP contribution in [-0.2, 0) is 15.1 Å². The van der Waals surface area contributed by atoms with Gasteiger partial charge in [0.25, 0.3) is 11.8 Å². The molecule has 0 radical (unpaired) electrons. The molecular weight excluding hydrogens is 475 g/mol. The maximum Gasteiger partial charge on any atom is 0.264 e. The third-order valence-corrected chi connectivity index (χ3v) is 10.8. The quantitative estimate of drug-likeness (QED) is 0.388. The second-order valence-corrected chi connectivity index (χ2v) is 14.5. The van der Waals surface area contributed by atoms with Crippen LogP contribution in [0.25, 0.3) is 10.8 Å². The number of likely N-dealkylation sites (N-methyl/N-ethyl adjacent to an activating group) is 1. The first-order valence-corrected chi connectivity index (χ1v) is 15.3. The van der Waals surface area contributed by atoms with E-state index in [1.165, 1.54) is 0 Å². The fourth-order valence-electron chi connectivity index (χ4n) is 6.85. The number of carbonyl (C=O) groups excluding carboxylic acids is 2. The number of hydrogen-bond donors (Lipinski definition) is 1. The molecule has 186 valence electrons. The van der Waals surface area contributed by atoms with Gasteiger partial charge in [-0.2, -0.15) is 0 Å². The highest BCUT2D eigenvalue weighted by Crippen LogP contribution is 2.60. The average Bonchev–Trinajstić information content (AvgIpc) is 3.38. The predicted molar refractivity (Wildman–Crippen MR) is 140 cm³/mol. The van der Waals surface area contributed by atoms with E-state index in [0.29, 0.717) is 22.5 Å². The predicted octanol–water partition coefficient (Wildman–Crippen LogP) is 5.27. The second-order valence-electron chi connectivity index (χ2n) is 10.7. The summed E-state index contributed by atoms with van der Waals surface area (Å²) in [6.45, 7) is 5.03. The van der Waals surface area contributed by atoms with E-state index in [1.54, 1.807) is 29.9 Å². The van der Waals surface area contributed by atoms with Crippen molar-refractivity contribution in [2.75, 3.05) is 23.5 Å². The zero-order valence-corrected chi connectivity index (χ0v) is 21.8. The third-order valence-electron chi connectivity index (χ3n) is 8.30. The Morgan fingerprint density at radius 3 is 2.50 bits per heavy atom. The number of fused-ring (bicyclic) bond motifs is 2. The number of hydrogen-bond acceptors (Lipinski definition) is 4. The Hall–Kier alpha value is -3.07. The van der Waals surface area contributed by atoms with E-state index in [0.717, 1.165) is 16.5 Å². The normalized spacial score (nSPS) is 27.1. The summed E-state index contributed by atoms with van der Waals surface area (Å²) in [4.78, 5) is 30.6. The van der Waals surface area contributed by atoms with Gasteiger partial charge in [0, 0.05) is 41.8 Å². The van der Waals surface area contributed by atoms with Crippen molar-refractivity contribution in [1.29, 1.82) is 0 Å². The van der Waals surface area contributed by atoms with Crippen molar-refractivity contribution in [2.45, 2.75) is 43.7 Å². The van der Waals surface area contributed by atoms with Crippen LogP contribution in [0.15, 0.2) is 54.6 Å². The van der Waals surface area contributed by atoms with E-state index in [9.17, 15) is 14.7 Å². The number of halogens is 1. The van der Waals surface area contributed by atoms with Gasteiger partial charge < -0.3 is 18.9 Å². The lowest BCUT2D eigenvalue weighted by atomic mass is 9.82. The van der Waals surface area contributed by atoms with Gasteiger partial charge in [0.15, 0.2) is 5.60 Å². The molecule has 8 heteroatoms. The van der Waals surface area contributed by atoms with Crippen molar-refractivity contribution >= 4 is 48.1 Å². The summed E-state index contributed by atoms with van der Waals surface area (Å²) in [5.41, 5.74) is 1.61. The molecule has 6 rings (SSSR count). The minimum Gasteiger partial charge on any atom is -0.396 e. The van der Waals surface area contributed by atoms with Gasteiger partial charge in [-0.05, 0) is 55.2 Å². The standard InChI is InChI=1S/C28H29FN2O4Si/c1-16-25(36(3,4)29)23(13-14-32)35-28(16)20-15-18(11-12-21(20)30(2)27(28)34)31-22-10-6-8-17-7-5-9-19(24(17)22)26(31)33/h5-12,15-16,23,25,32H,13-14H2,1-4H3/t16-,23+,25-,28+/m0/s1. The number of rotatable bonds is 4. The Kier molecular flexibility index (Phi) is 5.00. The Bertz CT molecular complexity index is 1430. The van der Waals surface area contributed by atoms with Gasteiger partial charge in [-0.15, -0.1) is 0 Å². The van der Waals surface area contributed by atoms with Crippen LogP contribution in [0.1, 0.15) is 29.3 Å². The monoisotopic (exact) mass is 504 g/mol. The minimum absolute atomic E-state index is 0.123. The van der Waals surface area contributed by atoms with Crippen molar-refractivity contribution in [3.8, 4) is 0 Å². The number of anilines is 3. The highest BCUT2D eigenvalue weighted by molar-refractivity contribution is 6.72. The fourth-order valence-corrected chi connectivity index (χ4v) is 9.39. The maximum atomic E-state index is 15.6. The molecule has 1 spiro atoms. The highest BCUT2D eigenvalue weighted by atomic mass is 28.4. The first-order valence-electron chi connectivity index (χ1n) is 12.4. The van der Waals surface area contributed by atoms with Gasteiger partial charge >= 0.3 is 0 Å². The molecule has 2 amide bonds. The second kappa shape index (κ2) is 7.71. The molecule has 4 atom stereocenters. The summed E-state index contributed by atoms with van der Waals surface area (Å²) in [5, 5.41) is 11.6. The minimum atomic E-state index is -3.25. The summed E-state index contributed by atoms with van der Waals surface area (Å²) in [5.74, 6) is -0.784. The number of ether oxygens (including phenoxy) is 1. The third kappa shape index (κ3) is 2.89. The molecule has 0 aliphatic carbocycles. The molecule has 1 fully saturated rings. The maximum absolute atomic E-state index is 15.6. The zero-order chi connectivity index (χ0) is 25.6. The van der Waals surface area contributed by atoms with E-state index < -0.39 is 31.6 Å². The number of aliphatic hydroxyl groups is 1. The smallest absolute Gasteiger partial charge is 0.264 e. The van der Waals surface area contributed by atoms with Gasteiger partial charge in [-0.25, -0.2) is 0 Å². The van der Waals surface area contributed by atoms with Crippen LogP contribution in [0, 0.1) is 5.92 Å². The van der Waals surface area contributed by atoms with Crippen molar-refractivity contribution in [3.05, 3.63) is 65.7 Å². The van der Waals surface area contributed by atoms with Crippen LogP contribution in [-0.4, -0.2) is 45.1 Å². The number of aliphatic hydroxyl groups excluding tert-OH is 1. The Balaban J connectivity index is 1.52. The van der Waals surface area contributed by atoms with Crippen LogP contribution in [0.4, 0.5) is 21.2 Å². The number of nitrogens with zero attached hydrogens (tertiary/aromatic N) is 2. The van der Waals surface area contributed by atoms with Gasteiger partial charge in [-0.3, -0.25) is 14.5 Å². The topological polar surface area (TPSA) is 70.1 Å². The number of benzene rings is 3. The van der Waals surface area contributed by atoms with E-state index in [-0.39, 0.29) is 24.8 Å². The molecule has 1 N–H and O–H groups in total. The summed E-state index contributed by atoms with van der Waals surface area (Å²) >= 11 is 0. The SMILES string of the molecule is C[C@H]1[C@H]([Si](C)(C)F)[C@@H](CCO)O[C@]12C(=O)N(C)c1ccc(N3C(=O)c4cccc5cccc3c45)cc12. The highest BCUT2D eigenvalue weighted by Gasteiger charge is 2.66. The fraction of sp³-hybridized carbons (Fsp3) is 0.357. The first kappa shape index (κ1) is 23.3. The molecule has 0 unspecified atom stereocenters. The van der Waals surface area contributed by atoms with Crippen LogP contribution >= 0.6 is 0 Å². The Labute approximate surface area is 210 Å². The molecule has 3 aromatic carbocycles. The number of amides is 2. The zero-order valence-electron chi connectivity index (χ0n) is 20.8. The van der Waals surface area contributed by atoms with E-state index in [2.05, 4.69) is 0 Å². The summed E-state index contributed by atoms with van der Waals surface area (Å²) in [6.07, 6.45) is -0.291. The lowest BCUT2D eigenvalue weighted by Gasteiger charge is -2.31. The van der Waals surface area contributed by atoms with Gasteiger partial charge in [0.1, 0.15) is 0 Å². The Morgan fingerprint density at radius 2 is 1.81 bits per heavy atom. The lowest BCUT2D eigenvalue weighted by molar-refractivity contribution is -0.145. The Morgan fingerprint density at radius 1 is 1.08 bits per heavy atom. The van der Waals surface area contributed by atoms with E-state index in [1.807, 2.05) is 61.5 Å². The van der Waals surface area contributed by atoms with Gasteiger partial charge in [0.05, 0.1) is 23.0 Å². The summed E-state index contributed by atoms with van der Waals surface area (Å²) < 4.78 is 22.1. The van der Waals surface area contributed by atoms with Crippen molar-refractivity contribution in [1.82, 2.24) is 0 Å². The van der Waals surface area contributed by atoms with Crippen LogP contribution in [0.2, 0.25) is 18.6 Å². The molecule has 3 aliphatic rings. The van der Waals surface area contributed by atoms with Crippen molar-refractivity contribution < 1.29 is 23.5 Å². The largest absolute Gasteiger partial charge is 0.396 e. The molecule has 3 heterocycles. The van der Waals surface area contributed by atoms with Crippen molar-refractivity contribution in [2.24, 2.45) is 5.92 Å². The summed E-state index contributed by atoms with van der Waals surface area (Å²) in [7, 11) is -1.55. The molecule has 0 saturated carbocycles. The molecule has 0 bridgehead atoms. The van der Waals surface area contributed by atoms with Crippen molar-refractivity contribution in [3.63, 3.8) is 0 Å². The lowest BCUT2D eigenvalue weighted by Crippen LogP contribution is -2.44. The molecule has 1 saturated heterocycles. The van der Waals surface area contributed by atoms with E-state index >= 15 is 4.11 Å². The van der Waals surface area contributed by atoms with Gasteiger partial charge in [-0.1, -0.05) is 31.2 Å². The van der Waals surface area contributed by atoms with Gasteiger partial charge in [0.2, 0.25) is 8.41 Å². The van der Waals surface area contributed by atoms with Crippen LogP contribution < -0.4 is 9.80 Å². The molecular formula is C28H29FN2O4Si. The first-order chi connectivity index (χ1) is 17.1. The molecule has 36 heavy (non-hydrogen) atoms. The molecule has 0 aromatic heterocycles.